The third kappa shape index (κ3) is 3.24. The van der Waals surface area contributed by atoms with Crippen molar-refractivity contribution in [2.24, 2.45) is 0 Å². The first kappa shape index (κ1) is 15.1. The number of esters is 1. The van der Waals surface area contributed by atoms with E-state index >= 15 is 0 Å². The summed E-state index contributed by atoms with van der Waals surface area (Å²) in [6.45, 7) is 6.15. The molecule has 0 aliphatic heterocycles. The van der Waals surface area contributed by atoms with E-state index in [4.69, 9.17) is 4.74 Å². The average molecular weight is 283 g/mol. The zero-order valence-corrected chi connectivity index (χ0v) is 12.9. The van der Waals surface area contributed by atoms with E-state index in [1.807, 2.05) is 31.2 Å². The molecule has 0 heterocycles. The molecule has 0 aliphatic rings. The van der Waals surface area contributed by atoms with Crippen LogP contribution in [0.3, 0.4) is 0 Å². The number of nitrogens with one attached hydrogen (secondary N) is 1. The second-order valence-corrected chi connectivity index (χ2v) is 5.19. The van der Waals surface area contributed by atoms with Crippen molar-refractivity contribution in [2.75, 3.05) is 12.4 Å². The highest BCUT2D eigenvalue weighted by atomic mass is 16.5. The minimum Gasteiger partial charge on any atom is -0.465 e. The summed E-state index contributed by atoms with van der Waals surface area (Å²) in [5.41, 5.74) is 4.96. The lowest BCUT2D eigenvalue weighted by Crippen LogP contribution is -2.11. The van der Waals surface area contributed by atoms with Gasteiger partial charge in [0.05, 0.1) is 12.7 Å². The van der Waals surface area contributed by atoms with E-state index < -0.39 is 0 Å². The maximum Gasteiger partial charge on any atom is 0.338 e. The Balaban J connectivity index is 2.28. The van der Waals surface area contributed by atoms with Crippen molar-refractivity contribution in [3.05, 3.63) is 64.7 Å². The fourth-order valence-electron chi connectivity index (χ4n) is 2.51. The normalized spacial score (nSPS) is 11.8. The van der Waals surface area contributed by atoms with Gasteiger partial charge in [-0.1, -0.05) is 30.3 Å². The zero-order chi connectivity index (χ0) is 15.4. The lowest BCUT2D eigenvalue weighted by atomic mass is 10.0. The molecule has 0 aliphatic carbocycles. The van der Waals surface area contributed by atoms with Crippen molar-refractivity contribution in [1.82, 2.24) is 0 Å². The summed E-state index contributed by atoms with van der Waals surface area (Å²) in [4.78, 5) is 11.7. The number of benzene rings is 2. The Kier molecular flexibility index (Phi) is 4.63. The number of carbonyl (C=O) groups is 1. The molecule has 1 unspecified atom stereocenters. The molecule has 110 valence electrons. The number of aryl methyl sites for hydroxylation is 1. The molecule has 3 nitrogen and oxygen atoms in total. The molecule has 1 N–H and O–H groups in total. The van der Waals surface area contributed by atoms with Crippen molar-refractivity contribution >= 4 is 11.7 Å². The molecule has 0 saturated carbocycles. The van der Waals surface area contributed by atoms with Crippen LogP contribution in [0.1, 0.15) is 40.0 Å². The van der Waals surface area contributed by atoms with Crippen LogP contribution in [0.2, 0.25) is 0 Å². The van der Waals surface area contributed by atoms with Gasteiger partial charge in [-0.05, 0) is 49.6 Å². The van der Waals surface area contributed by atoms with Crippen LogP contribution in [0.5, 0.6) is 0 Å². The van der Waals surface area contributed by atoms with Crippen LogP contribution in [-0.2, 0) is 4.74 Å². The molecule has 21 heavy (non-hydrogen) atoms. The van der Waals surface area contributed by atoms with Crippen molar-refractivity contribution in [3.63, 3.8) is 0 Å². The Labute approximate surface area is 126 Å². The van der Waals surface area contributed by atoms with Gasteiger partial charge in [0.1, 0.15) is 0 Å². The van der Waals surface area contributed by atoms with Crippen molar-refractivity contribution < 1.29 is 9.53 Å². The van der Waals surface area contributed by atoms with Gasteiger partial charge >= 0.3 is 5.97 Å². The van der Waals surface area contributed by atoms with E-state index in [0.29, 0.717) is 5.56 Å². The summed E-state index contributed by atoms with van der Waals surface area (Å²) < 4.78 is 4.81. The first-order chi connectivity index (χ1) is 10.0. The highest BCUT2D eigenvalue weighted by Crippen LogP contribution is 2.26. The maximum atomic E-state index is 11.7. The van der Waals surface area contributed by atoms with E-state index in [1.54, 1.807) is 6.07 Å². The Morgan fingerprint density at radius 2 is 1.81 bits per heavy atom. The van der Waals surface area contributed by atoms with Gasteiger partial charge in [-0.15, -0.1) is 0 Å². The van der Waals surface area contributed by atoms with Crippen LogP contribution in [0, 0.1) is 13.8 Å². The summed E-state index contributed by atoms with van der Waals surface area (Å²) in [7, 11) is 1.40. The molecule has 0 radical (unpaired) electrons. The number of rotatable bonds is 4. The lowest BCUT2D eigenvalue weighted by molar-refractivity contribution is 0.0600. The molecular formula is C18H21NO2. The van der Waals surface area contributed by atoms with Gasteiger partial charge in [-0.25, -0.2) is 4.79 Å². The predicted octanol–water partition coefficient (Wildman–Crippen LogP) is 4.26. The standard InChI is InChI=1S/C18H21NO2/c1-12-8-5-6-9-15(12)14(3)19-17-11-7-10-16(13(17)2)18(20)21-4/h5-11,14,19H,1-4H3. The van der Waals surface area contributed by atoms with Crippen molar-refractivity contribution in [3.8, 4) is 0 Å². The highest BCUT2D eigenvalue weighted by molar-refractivity contribution is 5.92. The number of carbonyl (C=O) groups excluding carboxylic acids is 1. The molecule has 2 rings (SSSR count). The second kappa shape index (κ2) is 6.44. The molecule has 0 aromatic heterocycles. The summed E-state index contributed by atoms with van der Waals surface area (Å²) in [6, 6.07) is 14.1. The molecule has 0 fully saturated rings. The number of methoxy groups -OCH3 is 1. The SMILES string of the molecule is COC(=O)c1cccc(NC(C)c2ccccc2C)c1C. The van der Waals surface area contributed by atoms with E-state index in [-0.39, 0.29) is 12.0 Å². The smallest absolute Gasteiger partial charge is 0.338 e. The summed E-state index contributed by atoms with van der Waals surface area (Å²) >= 11 is 0. The minimum absolute atomic E-state index is 0.165. The topological polar surface area (TPSA) is 38.3 Å². The van der Waals surface area contributed by atoms with Gasteiger partial charge in [-0.2, -0.15) is 0 Å². The van der Waals surface area contributed by atoms with Gasteiger partial charge in [0, 0.05) is 11.7 Å². The van der Waals surface area contributed by atoms with Crippen LogP contribution in [0.4, 0.5) is 5.69 Å². The van der Waals surface area contributed by atoms with Gasteiger partial charge in [0.25, 0.3) is 0 Å². The van der Waals surface area contributed by atoms with Gasteiger partial charge < -0.3 is 10.1 Å². The van der Waals surface area contributed by atoms with Gasteiger partial charge in [0.2, 0.25) is 0 Å². The summed E-state index contributed by atoms with van der Waals surface area (Å²) in [6.07, 6.45) is 0. The monoisotopic (exact) mass is 283 g/mol. The number of ether oxygens (including phenoxy) is 1. The quantitative estimate of drug-likeness (QED) is 0.852. The zero-order valence-electron chi connectivity index (χ0n) is 12.9. The molecule has 3 heteroatoms. The second-order valence-electron chi connectivity index (χ2n) is 5.19. The summed E-state index contributed by atoms with van der Waals surface area (Å²) in [5.74, 6) is -0.306. The highest BCUT2D eigenvalue weighted by Gasteiger charge is 2.14. The van der Waals surface area contributed by atoms with Crippen molar-refractivity contribution in [1.29, 1.82) is 0 Å². The van der Waals surface area contributed by atoms with Gasteiger partial charge in [-0.3, -0.25) is 0 Å². The summed E-state index contributed by atoms with van der Waals surface area (Å²) in [5, 5.41) is 3.48. The maximum absolute atomic E-state index is 11.7. The fourth-order valence-corrected chi connectivity index (χ4v) is 2.51. The molecule has 0 spiro atoms. The van der Waals surface area contributed by atoms with Crippen molar-refractivity contribution in [2.45, 2.75) is 26.8 Å². The van der Waals surface area contributed by atoms with Crippen LogP contribution >= 0.6 is 0 Å². The van der Waals surface area contributed by atoms with Gasteiger partial charge in [0.15, 0.2) is 0 Å². The molecule has 2 aromatic carbocycles. The van der Waals surface area contributed by atoms with Crippen LogP contribution < -0.4 is 5.32 Å². The largest absolute Gasteiger partial charge is 0.465 e. The first-order valence-electron chi connectivity index (χ1n) is 7.04. The lowest BCUT2D eigenvalue weighted by Gasteiger charge is -2.20. The minimum atomic E-state index is -0.306. The molecular weight excluding hydrogens is 262 g/mol. The first-order valence-corrected chi connectivity index (χ1v) is 7.04. The number of hydrogen-bond donors (Lipinski definition) is 1. The van der Waals surface area contributed by atoms with E-state index in [2.05, 4.69) is 31.3 Å². The molecule has 1 atom stereocenters. The average Bonchev–Trinajstić information content (AvgIpc) is 2.49. The van der Waals surface area contributed by atoms with Crippen LogP contribution in [0.25, 0.3) is 0 Å². The van der Waals surface area contributed by atoms with Crippen LogP contribution in [-0.4, -0.2) is 13.1 Å². The Morgan fingerprint density at radius 3 is 2.48 bits per heavy atom. The fraction of sp³-hybridized carbons (Fsp3) is 0.278. The molecule has 2 aromatic rings. The van der Waals surface area contributed by atoms with E-state index in [1.165, 1.54) is 18.2 Å². The molecule has 0 amide bonds. The molecule has 0 saturated heterocycles. The number of hydrogen-bond acceptors (Lipinski definition) is 3. The third-order valence-electron chi connectivity index (χ3n) is 3.77. The Morgan fingerprint density at radius 1 is 1.10 bits per heavy atom. The van der Waals surface area contributed by atoms with Crippen LogP contribution in [0.15, 0.2) is 42.5 Å². The number of anilines is 1. The third-order valence-corrected chi connectivity index (χ3v) is 3.77. The predicted molar refractivity (Wildman–Crippen MR) is 85.7 cm³/mol. The Hall–Kier alpha value is -2.29. The Bertz CT molecular complexity index is 649. The molecule has 0 bridgehead atoms. The van der Waals surface area contributed by atoms with E-state index in [0.717, 1.165) is 11.3 Å². The van der Waals surface area contributed by atoms with E-state index in [9.17, 15) is 4.79 Å².